The van der Waals surface area contributed by atoms with Crippen molar-refractivity contribution in [2.45, 2.75) is 74.5 Å². The molecular weight excluding hydrogens is 445 g/mol. The lowest BCUT2D eigenvalue weighted by atomic mass is 9.74. The molecule has 2 aliphatic carbocycles. The van der Waals surface area contributed by atoms with E-state index in [-0.39, 0.29) is 48.1 Å². The molecule has 4 nitrogen and oxygen atoms in total. The molecule has 0 aromatic heterocycles. The van der Waals surface area contributed by atoms with Crippen molar-refractivity contribution < 1.29 is 40.3 Å². The fraction of sp³-hybridized carbons (Fsp3) is 0.619. The van der Waals surface area contributed by atoms with Crippen LogP contribution in [0.4, 0.5) is 30.7 Å². The number of amides is 2. The maximum Gasteiger partial charge on any atom is 0.435 e. The largest absolute Gasteiger partial charge is 0.435 e. The number of halogens is 7. The molecule has 2 fully saturated rings. The lowest BCUT2D eigenvalue weighted by Gasteiger charge is -2.34. The normalized spacial score (nSPS) is 28.2. The van der Waals surface area contributed by atoms with Crippen LogP contribution in [0.5, 0.6) is 0 Å². The first-order chi connectivity index (χ1) is 14.8. The number of aryl methyl sites for hydroxylation is 1. The average molecular weight is 466 g/mol. The molecule has 32 heavy (non-hydrogen) atoms. The highest BCUT2D eigenvalue weighted by molar-refractivity contribution is 5.90. The second kappa shape index (κ2) is 7.62. The number of carbonyl (C=O) groups is 2. The van der Waals surface area contributed by atoms with E-state index in [0.29, 0.717) is 43.4 Å². The molecule has 0 bridgehead atoms. The van der Waals surface area contributed by atoms with Crippen LogP contribution in [0.25, 0.3) is 0 Å². The van der Waals surface area contributed by atoms with E-state index >= 15 is 0 Å². The molecule has 0 radical (unpaired) electrons. The minimum absolute atomic E-state index is 0.0326. The van der Waals surface area contributed by atoms with Crippen molar-refractivity contribution in [3.05, 3.63) is 34.9 Å². The third-order valence-electron chi connectivity index (χ3n) is 6.93. The van der Waals surface area contributed by atoms with Gasteiger partial charge in [-0.3, -0.25) is 9.59 Å². The molecular formula is C21H21F7N2O2. The average Bonchev–Trinajstić information content (AvgIpc) is 3.31. The van der Waals surface area contributed by atoms with E-state index in [9.17, 15) is 40.3 Å². The van der Waals surface area contributed by atoms with Gasteiger partial charge >= 0.3 is 18.0 Å². The van der Waals surface area contributed by atoms with Crippen molar-refractivity contribution in [3.63, 3.8) is 0 Å². The van der Waals surface area contributed by atoms with Crippen molar-refractivity contribution in [1.82, 2.24) is 10.6 Å². The van der Waals surface area contributed by atoms with E-state index in [0.717, 1.165) is 6.07 Å². The number of rotatable bonds is 3. The van der Waals surface area contributed by atoms with Gasteiger partial charge in [-0.25, -0.2) is 4.39 Å². The van der Waals surface area contributed by atoms with E-state index in [1.165, 1.54) is 0 Å². The molecule has 3 aliphatic rings. The third kappa shape index (κ3) is 3.63. The molecule has 1 saturated heterocycles. The molecule has 2 amide bonds. The molecule has 1 unspecified atom stereocenters. The Morgan fingerprint density at radius 1 is 0.938 bits per heavy atom. The third-order valence-corrected chi connectivity index (χ3v) is 6.93. The predicted molar refractivity (Wildman–Crippen MR) is 98.2 cm³/mol. The molecule has 1 aromatic rings. The monoisotopic (exact) mass is 466 g/mol. The molecule has 1 heterocycles. The van der Waals surface area contributed by atoms with Crippen LogP contribution in [0.3, 0.4) is 0 Å². The summed E-state index contributed by atoms with van der Waals surface area (Å²) in [5.74, 6) is -0.671. The fourth-order valence-electron chi connectivity index (χ4n) is 5.34. The van der Waals surface area contributed by atoms with Crippen molar-refractivity contribution in [2.24, 2.45) is 5.92 Å². The van der Waals surface area contributed by atoms with Gasteiger partial charge in [0.05, 0.1) is 0 Å². The number of carbonyl (C=O) groups excluding carboxylic acids is 2. The molecule has 2 N–H and O–H groups in total. The Bertz CT molecular complexity index is 914. The maximum absolute atomic E-state index is 14.4. The summed E-state index contributed by atoms with van der Waals surface area (Å²) in [6, 6.07) is 1.62. The highest BCUT2D eigenvalue weighted by atomic mass is 19.4. The van der Waals surface area contributed by atoms with Crippen LogP contribution < -0.4 is 10.6 Å². The van der Waals surface area contributed by atoms with Crippen LogP contribution in [0.2, 0.25) is 0 Å². The summed E-state index contributed by atoms with van der Waals surface area (Å²) in [5.41, 5.74) is -6.03. The summed E-state index contributed by atoms with van der Waals surface area (Å²) in [7, 11) is 0. The lowest BCUT2D eigenvalue weighted by Crippen LogP contribution is -2.50. The van der Waals surface area contributed by atoms with Crippen molar-refractivity contribution in [2.75, 3.05) is 0 Å². The van der Waals surface area contributed by atoms with Crippen LogP contribution in [-0.2, 0) is 21.7 Å². The van der Waals surface area contributed by atoms with Gasteiger partial charge in [0.1, 0.15) is 6.04 Å². The van der Waals surface area contributed by atoms with Gasteiger partial charge in [-0.2, -0.15) is 26.3 Å². The number of nitrogens with one attached hydrogen (secondary N) is 2. The van der Waals surface area contributed by atoms with Crippen LogP contribution >= 0.6 is 0 Å². The SMILES string of the molecule is O=C1CCC(C(=O)N[C@@H]2CC[C@H]3c4ccc(C(F)(C(F)(F)F)C(F)(F)F)cc4CC[C@@H]23)N1. The van der Waals surface area contributed by atoms with Gasteiger partial charge in [0, 0.05) is 18.0 Å². The van der Waals surface area contributed by atoms with E-state index in [2.05, 4.69) is 10.6 Å². The first kappa shape index (κ1) is 22.8. The zero-order valence-corrected chi connectivity index (χ0v) is 16.7. The van der Waals surface area contributed by atoms with Crippen LogP contribution in [0.15, 0.2) is 18.2 Å². The van der Waals surface area contributed by atoms with Crippen LogP contribution in [0.1, 0.15) is 54.7 Å². The first-order valence-electron chi connectivity index (χ1n) is 10.4. The maximum atomic E-state index is 14.4. The summed E-state index contributed by atoms with van der Waals surface area (Å²) >= 11 is 0. The minimum atomic E-state index is -6.14. The summed E-state index contributed by atoms with van der Waals surface area (Å²) in [6.07, 6.45) is -9.79. The standard InChI is InChI=1S/C21H21F7N2O2/c22-19(20(23,24)25,21(26,27)28)11-2-4-12-10(9-11)1-3-14-13(12)5-6-15(14)30-18(32)16-7-8-17(31)29-16/h2,4,9,13-16H,1,3,5-8H2,(H,29,31)(H,30,32)/t13-,14+,15+,16?/m0/s1. The Labute approximate surface area is 178 Å². The van der Waals surface area contributed by atoms with Gasteiger partial charge in [-0.1, -0.05) is 18.2 Å². The smallest absolute Gasteiger partial charge is 0.351 e. The highest BCUT2D eigenvalue weighted by Crippen LogP contribution is 2.54. The minimum Gasteiger partial charge on any atom is -0.351 e. The highest BCUT2D eigenvalue weighted by Gasteiger charge is 2.73. The Hall–Kier alpha value is -2.33. The number of alkyl halides is 7. The van der Waals surface area contributed by atoms with E-state index in [4.69, 9.17) is 0 Å². The summed E-state index contributed by atoms with van der Waals surface area (Å²) < 4.78 is 93.0. The molecule has 176 valence electrons. The van der Waals surface area contributed by atoms with Gasteiger partial charge < -0.3 is 10.6 Å². The van der Waals surface area contributed by atoms with Crippen LogP contribution in [0, 0.1) is 5.92 Å². The summed E-state index contributed by atoms with van der Waals surface area (Å²) in [5, 5.41) is 5.53. The topological polar surface area (TPSA) is 58.2 Å². The predicted octanol–water partition coefficient (Wildman–Crippen LogP) is 4.18. The molecule has 1 aromatic carbocycles. The molecule has 0 spiro atoms. The van der Waals surface area contributed by atoms with Gasteiger partial charge in [-0.05, 0) is 55.1 Å². The first-order valence-corrected chi connectivity index (χ1v) is 10.4. The number of benzene rings is 1. The van der Waals surface area contributed by atoms with Crippen molar-refractivity contribution in [3.8, 4) is 0 Å². The lowest BCUT2D eigenvalue weighted by molar-refractivity contribution is -0.348. The fourth-order valence-corrected chi connectivity index (χ4v) is 5.34. The van der Waals surface area contributed by atoms with Crippen molar-refractivity contribution in [1.29, 1.82) is 0 Å². The Balaban J connectivity index is 1.55. The molecule has 4 atom stereocenters. The number of hydrogen-bond donors (Lipinski definition) is 2. The second-order valence-electron chi connectivity index (χ2n) is 8.73. The van der Waals surface area contributed by atoms with E-state index in [1.807, 2.05) is 0 Å². The molecule has 4 rings (SSSR count). The Morgan fingerprint density at radius 2 is 1.62 bits per heavy atom. The van der Waals surface area contributed by atoms with E-state index in [1.54, 1.807) is 0 Å². The van der Waals surface area contributed by atoms with Gasteiger partial charge in [0.2, 0.25) is 11.8 Å². The second-order valence-corrected chi connectivity index (χ2v) is 8.73. The van der Waals surface area contributed by atoms with Crippen molar-refractivity contribution >= 4 is 11.8 Å². The van der Waals surface area contributed by atoms with Gasteiger partial charge in [-0.15, -0.1) is 0 Å². The zero-order chi connectivity index (χ0) is 23.5. The van der Waals surface area contributed by atoms with Gasteiger partial charge in [0.15, 0.2) is 0 Å². The van der Waals surface area contributed by atoms with Gasteiger partial charge in [0.25, 0.3) is 0 Å². The van der Waals surface area contributed by atoms with E-state index < -0.39 is 29.6 Å². The molecule has 11 heteroatoms. The number of fused-ring (bicyclic) bond motifs is 3. The number of hydrogen-bond acceptors (Lipinski definition) is 2. The summed E-state index contributed by atoms with van der Waals surface area (Å²) in [6.45, 7) is 0. The van der Waals surface area contributed by atoms with Crippen LogP contribution in [-0.4, -0.2) is 36.3 Å². The Morgan fingerprint density at radius 3 is 2.22 bits per heavy atom. The molecule has 1 aliphatic heterocycles. The zero-order valence-electron chi connectivity index (χ0n) is 16.7. The quantitative estimate of drug-likeness (QED) is 0.657. The molecule has 1 saturated carbocycles. The summed E-state index contributed by atoms with van der Waals surface area (Å²) in [4.78, 5) is 23.8. The Kier molecular flexibility index (Phi) is 5.44.